The summed E-state index contributed by atoms with van der Waals surface area (Å²) in [6, 6.07) is 20.5. The number of aryl methyl sites for hydroxylation is 2. The van der Waals surface area contributed by atoms with Gasteiger partial charge >= 0.3 is 5.97 Å². The second-order valence-electron chi connectivity index (χ2n) is 10.1. The topological polar surface area (TPSA) is 63.7 Å². The molecule has 0 spiro atoms. The predicted molar refractivity (Wildman–Crippen MR) is 148 cm³/mol. The smallest absolute Gasteiger partial charge is 0.338 e. The minimum atomic E-state index is -3.70. The summed E-state index contributed by atoms with van der Waals surface area (Å²) in [5.41, 5.74) is 4.94. The van der Waals surface area contributed by atoms with E-state index in [1.165, 1.54) is 39.2 Å². The number of methoxy groups -OCH3 is 1. The Labute approximate surface area is 221 Å². The molecule has 0 amide bonds. The van der Waals surface area contributed by atoms with Gasteiger partial charge in [-0.05, 0) is 78.3 Å². The normalized spacial score (nSPS) is 14.6. The second kappa shape index (κ2) is 12.1. The molecule has 1 saturated carbocycles. The summed E-state index contributed by atoms with van der Waals surface area (Å²) in [5, 5.41) is 0. The largest absolute Gasteiger partial charge is 0.465 e. The van der Waals surface area contributed by atoms with Gasteiger partial charge in [-0.3, -0.25) is 0 Å². The zero-order valence-corrected chi connectivity index (χ0v) is 22.9. The summed E-state index contributed by atoms with van der Waals surface area (Å²) in [6.07, 6.45) is 6.92. The maximum Gasteiger partial charge on any atom is 0.338 e. The molecule has 5 nitrogen and oxygen atoms in total. The van der Waals surface area contributed by atoms with Crippen LogP contribution in [0.2, 0.25) is 0 Å². The highest BCUT2D eigenvalue weighted by Gasteiger charge is 2.27. The van der Waals surface area contributed by atoms with Crippen molar-refractivity contribution in [1.82, 2.24) is 4.31 Å². The van der Waals surface area contributed by atoms with Gasteiger partial charge in [0.2, 0.25) is 10.0 Å². The summed E-state index contributed by atoms with van der Waals surface area (Å²) in [5.74, 6) is 0.152. The van der Waals surface area contributed by atoms with Crippen molar-refractivity contribution in [3.05, 3.63) is 89.0 Å². The van der Waals surface area contributed by atoms with Crippen LogP contribution in [0.3, 0.4) is 0 Å². The van der Waals surface area contributed by atoms with Crippen molar-refractivity contribution in [3.8, 4) is 11.1 Å². The first-order valence-electron chi connectivity index (χ1n) is 13.1. The highest BCUT2D eigenvalue weighted by molar-refractivity contribution is 7.89. The average molecular weight is 520 g/mol. The molecule has 0 aromatic heterocycles. The van der Waals surface area contributed by atoms with Crippen LogP contribution in [-0.4, -0.2) is 32.3 Å². The van der Waals surface area contributed by atoms with Gasteiger partial charge in [-0.25, -0.2) is 13.2 Å². The van der Waals surface area contributed by atoms with Gasteiger partial charge in [0, 0.05) is 13.1 Å². The third kappa shape index (κ3) is 6.49. The first-order valence-corrected chi connectivity index (χ1v) is 14.6. The van der Waals surface area contributed by atoms with E-state index in [0.717, 1.165) is 34.2 Å². The Morgan fingerprint density at radius 2 is 1.68 bits per heavy atom. The minimum absolute atomic E-state index is 0.239. The van der Waals surface area contributed by atoms with Crippen LogP contribution in [0.4, 0.5) is 0 Å². The molecule has 1 fully saturated rings. The third-order valence-corrected chi connectivity index (χ3v) is 9.26. The maximum absolute atomic E-state index is 13.8. The molecule has 0 unspecified atom stereocenters. The fraction of sp³-hybridized carbons (Fsp3) is 0.387. The Balaban J connectivity index is 1.71. The maximum atomic E-state index is 13.8. The number of carbonyl (C=O) groups excluding carboxylic acids is 1. The van der Waals surface area contributed by atoms with Crippen molar-refractivity contribution in [2.45, 2.75) is 63.8 Å². The van der Waals surface area contributed by atoms with Crippen LogP contribution in [0.1, 0.15) is 65.6 Å². The van der Waals surface area contributed by atoms with Gasteiger partial charge < -0.3 is 4.74 Å². The van der Waals surface area contributed by atoms with Crippen molar-refractivity contribution in [3.63, 3.8) is 0 Å². The molecule has 3 aromatic rings. The highest BCUT2D eigenvalue weighted by Crippen LogP contribution is 2.31. The van der Waals surface area contributed by atoms with Gasteiger partial charge in [-0.1, -0.05) is 74.6 Å². The number of carbonyl (C=O) groups is 1. The van der Waals surface area contributed by atoms with Gasteiger partial charge in [0.15, 0.2) is 0 Å². The number of sulfonamides is 1. The summed E-state index contributed by atoms with van der Waals surface area (Å²) < 4.78 is 34.3. The quantitative estimate of drug-likeness (QED) is 0.288. The van der Waals surface area contributed by atoms with Crippen LogP contribution in [0.25, 0.3) is 11.1 Å². The number of esters is 1. The van der Waals surface area contributed by atoms with E-state index >= 15 is 0 Å². The van der Waals surface area contributed by atoms with E-state index in [-0.39, 0.29) is 6.54 Å². The Hall–Kier alpha value is -2.96. The van der Waals surface area contributed by atoms with E-state index in [4.69, 9.17) is 4.74 Å². The van der Waals surface area contributed by atoms with E-state index in [9.17, 15) is 13.2 Å². The molecule has 0 aliphatic heterocycles. The lowest BCUT2D eigenvalue weighted by Gasteiger charge is -2.27. The third-order valence-electron chi connectivity index (χ3n) is 7.42. The minimum Gasteiger partial charge on any atom is -0.465 e. The molecule has 0 bridgehead atoms. The molecule has 196 valence electrons. The van der Waals surface area contributed by atoms with Crippen molar-refractivity contribution in [2.75, 3.05) is 13.7 Å². The molecular formula is C31H37NO4S. The van der Waals surface area contributed by atoms with Gasteiger partial charge in [0.1, 0.15) is 0 Å². The van der Waals surface area contributed by atoms with E-state index in [0.29, 0.717) is 22.9 Å². The highest BCUT2D eigenvalue weighted by atomic mass is 32.2. The fourth-order valence-electron chi connectivity index (χ4n) is 5.29. The summed E-state index contributed by atoms with van der Waals surface area (Å²) in [4.78, 5) is 12.9. The lowest BCUT2D eigenvalue weighted by atomic mass is 9.87. The number of benzene rings is 3. The summed E-state index contributed by atoms with van der Waals surface area (Å²) in [6.45, 7) is 4.62. The van der Waals surface area contributed by atoms with Crippen LogP contribution in [0.15, 0.2) is 71.6 Å². The summed E-state index contributed by atoms with van der Waals surface area (Å²) in [7, 11) is -2.32. The van der Waals surface area contributed by atoms with Gasteiger partial charge in [0.25, 0.3) is 0 Å². The van der Waals surface area contributed by atoms with E-state index in [2.05, 4.69) is 0 Å². The zero-order chi connectivity index (χ0) is 26.4. The fourth-order valence-corrected chi connectivity index (χ4v) is 6.84. The second-order valence-corrected chi connectivity index (χ2v) is 12.1. The van der Waals surface area contributed by atoms with Crippen molar-refractivity contribution >= 4 is 16.0 Å². The Morgan fingerprint density at radius 1 is 0.919 bits per heavy atom. The number of ether oxygens (including phenoxy) is 1. The zero-order valence-electron chi connectivity index (χ0n) is 22.1. The first kappa shape index (κ1) is 27.1. The monoisotopic (exact) mass is 519 g/mol. The molecule has 0 radical (unpaired) electrons. The van der Waals surface area contributed by atoms with Crippen LogP contribution in [0, 0.1) is 19.8 Å². The Morgan fingerprint density at radius 3 is 2.38 bits per heavy atom. The Kier molecular flexibility index (Phi) is 8.83. The molecule has 1 aliphatic rings. The van der Waals surface area contributed by atoms with Crippen molar-refractivity contribution < 1.29 is 17.9 Å². The van der Waals surface area contributed by atoms with Gasteiger partial charge in [-0.15, -0.1) is 0 Å². The van der Waals surface area contributed by atoms with Crippen LogP contribution in [0.5, 0.6) is 0 Å². The molecule has 1 aliphatic carbocycles. The molecule has 0 atom stereocenters. The standard InChI is InChI=1S/C31H37NO4S/c1-23-10-9-14-27(20-23)37(34,35)32(19-18-25-12-5-4-6-13-25)22-26-16-17-29(31(33)36-3)30(21-26)28-15-8-7-11-24(28)2/h7-11,14-17,20-21,25H,4-6,12-13,18-19,22H2,1-3H3. The predicted octanol–water partition coefficient (Wildman–Crippen LogP) is 6.92. The molecule has 6 heteroatoms. The van der Waals surface area contributed by atoms with Gasteiger partial charge in [-0.2, -0.15) is 4.31 Å². The molecule has 4 rings (SSSR count). The number of nitrogens with zero attached hydrogens (tertiary/aromatic N) is 1. The number of hydrogen-bond acceptors (Lipinski definition) is 4. The van der Waals surface area contributed by atoms with Crippen LogP contribution < -0.4 is 0 Å². The molecule has 37 heavy (non-hydrogen) atoms. The summed E-state index contributed by atoms with van der Waals surface area (Å²) >= 11 is 0. The van der Waals surface area contributed by atoms with Gasteiger partial charge in [0.05, 0.1) is 17.6 Å². The van der Waals surface area contributed by atoms with Crippen LogP contribution in [-0.2, 0) is 21.3 Å². The van der Waals surface area contributed by atoms with E-state index < -0.39 is 16.0 Å². The molecule has 0 N–H and O–H groups in total. The van der Waals surface area contributed by atoms with Crippen LogP contribution >= 0.6 is 0 Å². The molecule has 0 heterocycles. The molecule has 0 saturated heterocycles. The lowest BCUT2D eigenvalue weighted by molar-refractivity contribution is 0.0601. The van der Waals surface area contributed by atoms with E-state index in [1.807, 2.05) is 56.3 Å². The number of rotatable bonds is 9. The van der Waals surface area contributed by atoms with Crippen molar-refractivity contribution in [1.29, 1.82) is 0 Å². The number of hydrogen-bond donors (Lipinski definition) is 0. The van der Waals surface area contributed by atoms with Crippen molar-refractivity contribution in [2.24, 2.45) is 5.92 Å². The van der Waals surface area contributed by atoms with E-state index in [1.54, 1.807) is 28.6 Å². The Bertz CT molecular complexity index is 1340. The molecular weight excluding hydrogens is 482 g/mol. The molecule has 3 aromatic carbocycles. The lowest BCUT2D eigenvalue weighted by Crippen LogP contribution is -2.33. The first-order chi connectivity index (χ1) is 17.8. The average Bonchev–Trinajstić information content (AvgIpc) is 2.91. The SMILES string of the molecule is COC(=O)c1ccc(CN(CCC2CCCCC2)S(=O)(=O)c2cccc(C)c2)cc1-c1ccccc1C.